The third-order valence-electron chi connectivity index (χ3n) is 7.40. The molecular weight excluding hydrogens is 508 g/mol. The normalized spacial score (nSPS) is 11.4. The van der Waals surface area contributed by atoms with E-state index in [1.807, 2.05) is 68.6 Å². The number of nitrogens with one attached hydrogen (secondary N) is 1. The van der Waals surface area contributed by atoms with Gasteiger partial charge in [0, 0.05) is 28.4 Å². The number of carboxylic acid groups (broad SMARTS) is 1. The van der Waals surface area contributed by atoms with Gasteiger partial charge >= 0.3 is 5.97 Å². The summed E-state index contributed by atoms with van der Waals surface area (Å²) in [6, 6.07) is 34.2. The van der Waals surface area contributed by atoms with E-state index in [-0.39, 0.29) is 5.69 Å². The number of aromatic amines is 1. The highest BCUT2D eigenvalue weighted by atomic mass is 16.4. The number of hydrogen-bond acceptors (Lipinski definition) is 3. The molecule has 4 aromatic carbocycles. The van der Waals surface area contributed by atoms with Gasteiger partial charge in [0.2, 0.25) is 0 Å². The number of aromatic nitrogens is 4. The summed E-state index contributed by atoms with van der Waals surface area (Å²) in [6.07, 6.45) is 1.94. The molecule has 0 fully saturated rings. The number of fused-ring (bicyclic) bond motifs is 2. The summed E-state index contributed by atoms with van der Waals surface area (Å²) in [7, 11) is 0. The molecule has 7 rings (SSSR count). The van der Waals surface area contributed by atoms with Gasteiger partial charge in [-0.2, -0.15) is 0 Å². The molecule has 0 saturated carbocycles. The van der Waals surface area contributed by atoms with Gasteiger partial charge in [0.25, 0.3) is 0 Å². The minimum absolute atomic E-state index is 0.00692. The van der Waals surface area contributed by atoms with Crippen LogP contribution < -0.4 is 0 Å². The van der Waals surface area contributed by atoms with Crippen molar-refractivity contribution in [2.24, 2.45) is 0 Å². The first kappa shape index (κ1) is 24.5. The molecular formula is C35H26N4O2. The second-order valence-corrected chi connectivity index (χ2v) is 10.3. The quantitative estimate of drug-likeness (QED) is 0.233. The minimum atomic E-state index is -1.07. The molecule has 6 heteroatoms. The van der Waals surface area contributed by atoms with E-state index < -0.39 is 5.97 Å². The first-order chi connectivity index (χ1) is 20.0. The Morgan fingerprint density at radius 3 is 2.27 bits per heavy atom. The van der Waals surface area contributed by atoms with Crippen molar-refractivity contribution in [3.8, 4) is 39.5 Å². The summed E-state index contributed by atoms with van der Waals surface area (Å²) in [5.74, 6) is -0.283. The lowest BCUT2D eigenvalue weighted by Crippen LogP contribution is -2.02. The van der Waals surface area contributed by atoms with Crippen molar-refractivity contribution in [2.45, 2.75) is 13.8 Å². The van der Waals surface area contributed by atoms with Crippen LogP contribution in [0.4, 0.5) is 0 Å². The molecule has 3 aromatic heterocycles. The van der Waals surface area contributed by atoms with Crippen LogP contribution in [-0.2, 0) is 0 Å². The lowest BCUT2D eigenvalue weighted by molar-refractivity contribution is 0.0690. The number of benzene rings is 4. The number of nitrogens with zero attached hydrogens (tertiary/aromatic N) is 3. The Balaban J connectivity index is 1.52. The van der Waals surface area contributed by atoms with Gasteiger partial charge in [-0.25, -0.2) is 14.8 Å². The Bertz CT molecular complexity index is 2080. The second kappa shape index (κ2) is 9.61. The summed E-state index contributed by atoms with van der Waals surface area (Å²) in [6.45, 7) is 4.08. The van der Waals surface area contributed by atoms with E-state index in [2.05, 4.69) is 63.1 Å². The third kappa shape index (κ3) is 4.26. The van der Waals surface area contributed by atoms with Gasteiger partial charge in [-0.3, -0.25) is 4.57 Å². The average molecular weight is 535 g/mol. The van der Waals surface area contributed by atoms with Crippen LogP contribution in [0.5, 0.6) is 0 Å². The van der Waals surface area contributed by atoms with Crippen LogP contribution in [0.25, 0.3) is 61.4 Å². The second-order valence-electron chi connectivity index (χ2n) is 10.3. The summed E-state index contributed by atoms with van der Waals surface area (Å²) < 4.78 is 2.15. The number of para-hydroxylation sites is 3. The lowest BCUT2D eigenvalue weighted by Gasteiger charge is -2.11. The standard InChI is InChI=1S/C35H26N4O2/c1-21-16-22(2)18-24(17-21)25-19-29(37-30(20-25)35(40)41)27-11-7-13-31-33(27)38-34(39(31)26-9-4-3-5-10-26)28-12-6-8-23-14-15-36-32(23)28/h3-20,36H,1-2H3,(H,40,41). The molecule has 0 unspecified atom stereocenters. The fourth-order valence-corrected chi connectivity index (χ4v) is 5.68. The van der Waals surface area contributed by atoms with Crippen molar-refractivity contribution < 1.29 is 9.90 Å². The summed E-state index contributed by atoms with van der Waals surface area (Å²) >= 11 is 0. The van der Waals surface area contributed by atoms with Gasteiger partial charge < -0.3 is 10.1 Å². The molecule has 0 saturated heterocycles. The molecule has 0 atom stereocenters. The number of carbonyl (C=O) groups is 1. The van der Waals surface area contributed by atoms with Crippen molar-refractivity contribution in [3.63, 3.8) is 0 Å². The molecule has 7 aromatic rings. The molecule has 0 spiro atoms. The van der Waals surface area contributed by atoms with Gasteiger partial charge in [-0.1, -0.05) is 71.8 Å². The van der Waals surface area contributed by atoms with Crippen LogP contribution >= 0.6 is 0 Å². The first-order valence-corrected chi connectivity index (χ1v) is 13.4. The first-order valence-electron chi connectivity index (χ1n) is 13.4. The molecule has 0 bridgehead atoms. The highest BCUT2D eigenvalue weighted by Crippen LogP contribution is 2.37. The molecule has 198 valence electrons. The number of aryl methyl sites for hydroxylation is 2. The third-order valence-corrected chi connectivity index (χ3v) is 7.40. The molecule has 0 aliphatic heterocycles. The zero-order valence-corrected chi connectivity index (χ0v) is 22.6. The molecule has 0 aliphatic rings. The Morgan fingerprint density at radius 2 is 1.49 bits per heavy atom. The highest BCUT2D eigenvalue weighted by molar-refractivity contribution is 6.00. The van der Waals surface area contributed by atoms with Crippen molar-refractivity contribution in [1.29, 1.82) is 0 Å². The summed E-state index contributed by atoms with van der Waals surface area (Å²) in [4.78, 5) is 25.4. The van der Waals surface area contributed by atoms with Gasteiger partial charge in [0.05, 0.1) is 22.2 Å². The van der Waals surface area contributed by atoms with Crippen molar-refractivity contribution in [3.05, 3.63) is 126 Å². The molecule has 0 radical (unpaired) electrons. The fraction of sp³-hybridized carbons (Fsp3) is 0.0571. The Hall–Kier alpha value is -5.49. The topological polar surface area (TPSA) is 83.8 Å². The van der Waals surface area contributed by atoms with Gasteiger partial charge in [0.15, 0.2) is 0 Å². The van der Waals surface area contributed by atoms with Crippen LogP contribution in [0.2, 0.25) is 0 Å². The number of aromatic carboxylic acids is 1. The SMILES string of the molecule is Cc1cc(C)cc(-c2cc(C(=O)O)nc(-c3cccc4c3nc(-c3cccc5cc[nH]c35)n4-c3ccccc3)c2)c1. The lowest BCUT2D eigenvalue weighted by atomic mass is 9.98. The smallest absolute Gasteiger partial charge is 0.354 e. The summed E-state index contributed by atoms with van der Waals surface area (Å²) in [5.41, 5.74) is 9.92. The van der Waals surface area contributed by atoms with Gasteiger partial charge in [-0.15, -0.1) is 0 Å². The zero-order chi connectivity index (χ0) is 28.1. The van der Waals surface area contributed by atoms with E-state index in [9.17, 15) is 9.90 Å². The van der Waals surface area contributed by atoms with E-state index in [0.29, 0.717) is 5.69 Å². The number of carboxylic acids is 1. The zero-order valence-electron chi connectivity index (χ0n) is 22.6. The van der Waals surface area contributed by atoms with E-state index in [0.717, 1.165) is 66.8 Å². The maximum absolute atomic E-state index is 12.2. The molecule has 41 heavy (non-hydrogen) atoms. The van der Waals surface area contributed by atoms with E-state index in [4.69, 9.17) is 4.98 Å². The van der Waals surface area contributed by atoms with E-state index in [1.54, 1.807) is 6.07 Å². The number of hydrogen-bond donors (Lipinski definition) is 2. The van der Waals surface area contributed by atoms with Crippen molar-refractivity contribution >= 4 is 27.9 Å². The van der Waals surface area contributed by atoms with Crippen molar-refractivity contribution in [1.82, 2.24) is 19.5 Å². The van der Waals surface area contributed by atoms with Crippen molar-refractivity contribution in [2.75, 3.05) is 0 Å². The Morgan fingerprint density at radius 1 is 0.756 bits per heavy atom. The monoisotopic (exact) mass is 534 g/mol. The average Bonchev–Trinajstić information content (AvgIpc) is 3.62. The van der Waals surface area contributed by atoms with E-state index in [1.165, 1.54) is 0 Å². The predicted octanol–water partition coefficient (Wildman–Crippen LogP) is 8.22. The number of pyridine rings is 1. The van der Waals surface area contributed by atoms with Crippen LogP contribution in [0.1, 0.15) is 21.6 Å². The largest absolute Gasteiger partial charge is 0.477 e. The number of rotatable bonds is 5. The maximum Gasteiger partial charge on any atom is 0.354 e. The predicted molar refractivity (Wildman–Crippen MR) is 163 cm³/mol. The molecule has 0 aliphatic carbocycles. The minimum Gasteiger partial charge on any atom is -0.477 e. The van der Waals surface area contributed by atoms with Crippen LogP contribution in [0.3, 0.4) is 0 Å². The number of imidazole rings is 1. The van der Waals surface area contributed by atoms with Crippen LogP contribution in [0, 0.1) is 13.8 Å². The van der Waals surface area contributed by atoms with Crippen LogP contribution in [-0.4, -0.2) is 30.6 Å². The maximum atomic E-state index is 12.2. The van der Waals surface area contributed by atoms with Gasteiger partial charge in [-0.05, 0) is 67.4 Å². The molecule has 3 heterocycles. The Kier molecular flexibility index (Phi) is 5.75. The van der Waals surface area contributed by atoms with E-state index >= 15 is 0 Å². The summed E-state index contributed by atoms with van der Waals surface area (Å²) in [5, 5.41) is 11.1. The molecule has 2 N–H and O–H groups in total. The molecule has 0 amide bonds. The number of H-pyrrole nitrogens is 1. The molecule has 6 nitrogen and oxygen atoms in total. The van der Waals surface area contributed by atoms with Gasteiger partial charge in [0.1, 0.15) is 11.5 Å². The van der Waals surface area contributed by atoms with Crippen LogP contribution in [0.15, 0.2) is 109 Å². The highest BCUT2D eigenvalue weighted by Gasteiger charge is 2.21. The fourth-order valence-electron chi connectivity index (χ4n) is 5.68. The Labute approximate surface area is 236 Å².